The van der Waals surface area contributed by atoms with Crippen LogP contribution in [0.3, 0.4) is 0 Å². The maximum absolute atomic E-state index is 15.0. The van der Waals surface area contributed by atoms with E-state index in [4.69, 9.17) is 4.74 Å². The first-order chi connectivity index (χ1) is 12.7. The average Bonchev–Trinajstić information content (AvgIpc) is 3.00. The van der Waals surface area contributed by atoms with Gasteiger partial charge in [0.25, 0.3) is 0 Å². The first-order valence-electron chi connectivity index (χ1n) is 8.02. The molecule has 2 unspecified atom stereocenters. The summed E-state index contributed by atoms with van der Waals surface area (Å²) in [6.07, 6.45) is -7.36. The molecule has 0 aliphatic carbocycles. The second kappa shape index (κ2) is 6.84. The molecule has 8 heteroatoms. The van der Waals surface area contributed by atoms with Gasteiger partial charge >= 0.3 is 12.1 Å². The third kappa shape index (κ3) is 3.49. The van der Waals surface area contributed by atoms with Gasteiger partial charge in [-0.1, -0.05) is 30.3 Å². The van der Waals surface area contributed by atoms with E-state index in [1.54, 1.807) is 18.2 Å². The van der Waals surface area contributed by atoms with E-state index in [0.29, 0.717) is 17.8 Å². The van der Waals surface area contributed by atoms with Crippen LogP contribution in [0.25, 0.3) is 0 Å². The van der Waals surface area contributed by atoms with Crippen molar-refractivity contribution in [3.8, 4) is 5.75 Å². The number of rotatable bonds is 5. The van der Waals surface area contributed by atoms with Crippen molar-refractivity contribution in [2.45, 2.75) is 24.4 Å². The van der Waals surface area contributed by atoms with Crippen LogP contribution in [0.5, 0.6) is 5.75 Å². The average molecular weight is 385 g/mol. The summed E-state index contributed by atoms with van der Waals surface area (Å²) in [7, 11) is 0. The van der Waals surface area contributed by atoms with Gasteiger partial charge in [0.1, 0.15) is 11.9 Å². The van der Waals surface area contributed by atoms with Crippen molar-refractivity contribution >= 4 is 5.69 Å². The summed E-state index contributed by atoms with van der Waals surface area (Å²) < 4.78 is 73.3. The largest absolute Gasteiger partial charge is 0.462 e. The Morgan fingerprint density at radius 3 is 2.30 bits per heavy atom. The molecule has 2 atom stereocenters. The van der Waals surface area contributed by atoms with Crippen LogP contribution in [0.4, 0.5) is 27.6 Å². The normalized spacial score (nSPS) is 18.0. The van der Waals surface area contributed by atoms with Gasteiger partial charge in [0.05, 0.1) is 11.3 Å². The van der Waals surface area contributed by atoms with E-state index in [0.717, 1.165) is 12.1 Å². The molecule has 2 aromatic carbocycles. The Balaban J connectivity index is 1.90. The number of benzene rings is 2. The van der Waals surface area contributed by atoms with Crippen LogP contribution in [0.15, 0.2) is 61.2 Å². The van der Waals surface area contributed by atoms with Crippen molar-refractivity contribution in [2.75, 3.05) is 11.4 Å². The molecule has 1 aliphatic heterocycles. The topological polar surface area (TPSA) is 32.7 Å². The highest BCUT2D eigenvalue weighted by Gasteiger charge is 2.54. The zero-order valence-corrected chi connectivity index (χ0v) is 14.0. The van der Waals surface area contributed by atoms with Gasteiger partial charge < -0.3 is 14.7 Å². The fraction of sp³-hybridized carbons (Fsp3) is 0.263. The molecule has 0 amide bonds. The Morgan fingerprint density at radius 2 is 1.70 bits per heavy atom. The number of hydrogen-bond acceptors (Lipinski definition) is 3. The summed E-state index contributed by atoms with van der Waals surface area (Å²) in [5.74, 6) is -3.58. The molecule has 0 radical (unpaired) electrons. The maximum atomic E-state index is 15.0. The van der Waals surface area contributed by atoms with Crippen LogP contribution in [-0.2, 0) is 6.18 Å². The fourth-order valence-electron chi connectivity index (χ4n) is 2.94. The molecular formula is C19H16F5NO2. The van der Waals surface area contributed by atoms with E-state index in [1.165, 1.54) is 17.0 Å². The van der Waals surface area contributed by atoms with Gasteiger partial charge in [0.2, 0.25) is 6.23 Å². The zero-order chi connectivity index (χ0) is 19.8. The smallest absolute Gasteiger partial charge is 0.416 e. The quantitative estimate of drug-likeness (QED) is 0.594. The Morgan fingerprint density at radius 1 is 1.07 bits per heavy atom. The van der Waals surface area contributed by atoms with E-state index in [2.05, 4.69) is 6.58 Å². The van der Waals surface area contributed by atoms with E-state index in [-0.39, 0.29) is 17.9 Å². The van der Waals surface area contributed by atoms with Crippen molar-refractivity contribution in [2.24, 2.45) is 0 Å². The number of aliphatic hydroxyl groups excluding tert-OH is 1. The summed E-state index contributed by atoms with van der Waals surface area (Å²) in [6, 6.07) is 9.37. The van der Waals surface area contributed by atoms with Crippen LogP contribution in [0.2, 0.25) is 0 Å². The van der Waals surface area contributed by atoms with Gasteiger partial charge in [-0.2, -0.15) is 22.0 Å². The molecule has 0 fully saturated rings. The molecular weight excluding hydrogens is 369 g/mol. The summed E-state index contributed by atoms with van der Waals surface area (Å²) in [5, 5.41) is 10.2. The molecule has 1 N–H and O–H groups in total. The van der Waals surface area contributed by atoms with Gasteiger partial charge in [0.15, 0.2) is 0 Å². The van der Waals surface area contributed by atoms with Gasteiger partial charge in [-0.15, -0.1) is 6.58 Å². The first-order valence-corrected chi connectivity index (χ1v) is 8.02. The molecule has 1 heterocycles. The van der Waals surface area contributed by atoms with Crippen LogP contribution >= 0.6 is 0 Å². The highest BCUT2D eigenvalue weighted by molar-refractivity contribution is 5.63. The molecule has 0 saturated carbocycles. The molecule has 27 heavy (non-hydrogen) atoms. The first kappa shape index (κ1) is 19.2. The lowest BCUT2D eigenvalue weighted by Crippen LogP contribution is -2.51. The van der Waals surface area contributed by atoms with Crippen molar-refractivity contribution in [1.82, 2.24) is 0 Å². The van der Waals surface area contributed by atoms with Crippen molar-refractivity contribution < 1.29 is 31.8 Å². The number of ether oxygens (including phenoxy) is 1. The van der Waals surface area contributed by atoms with Crippen LogP contribution in [0.1, 0.15) is 17.2 Å². The summed E-state index contributed by atoms with van der Waals surface area (Å²) in [4.78, 5) is 1.25. The zero-order valence-electron chi connectivity index (χ0n) is 14.0. The van der Waals surface area contributed by atoms with Crippen LogP contribution in [-0.4, -0.2) is 23.8 Å². The van der Waals surface area contributed by atoms with Gasteiger partial charge in [-0.3, -0.25) is 0 Å². The summed E-state index contributed by atoms with van der Waals surface area (Å²) >= 11 is 0. The highest BCUT2D eigenvalue weighted by atomic mass is 19.4. The van der Waals surface area contributed by atoms with Crippen molar-refractivity contribution in [3.05, 3.63) is 72.3 Å². The SMILES string of the molecule is C=CCN1c2ccccc2OC1C(F)(F)C(O)c1ccc(C(F)(F)F)cc1. The van der Waals surface area contributed by atoms with Crippen molar-refractivity contribution in [3.63, 3.8) is 0 Å². The Kier molecular flexibility index (Phi) is 4.86. The predicted molar refractivity (Wildman–Crippen MR) is 89.8 cm³/mol. The Hall–Kier alpha value is -2.61. The second-order valence-corrected chi connectivity index (χ2v) is 6.08. The number of anilines is 1. The lowest BCUT2D eigenvalue weighted by atomic mass is 10.00. The Bertz CT molecular complexity index is 820. The molecule has 3 rings (SSSR count). The number of alkyl halides is 5. The van der Waals surface area contributed by atoms with E-state index in [1.807, 2.05) is 0 Å². The van der Waals surface area contributed by atoms with E-state index < -0.39 is 30.0 Å². The predicted octanol–water partition coefficient (Wildman–Crippen LogP) is 4.79. The van der Waals surface area contributed by atoms with Crippen LogP contribution in [0, 0.1) is 0 Å². The van der Waals surface area contributed by atoms with Gasteiger partial charge in [-0.05, 0) is 29.8 Å². The molecule has 144 valence electrons. The number of fused-ring (bicyclic) bond motifs is 1. The molecule has 3 nitrogen and oxygen atoms in total. The van der Waals surface area contributed by atoms with E-state index in [9.17, 15) is 18.3 Å². The number of halogens is 5. The molecule has 2 aromatic rings. The standard InChI is InChI=1S/C19H16F5NO2/c1-2-11-25-14-5-3-4-6-15(14)27-17(25)18(20,21)16(26)12-7-9-13(10-8-12)19(22,23)24/h2-10,16-17,26H,1,11H2. The number of para-hydroxylation sites is 2. The van der Waals surface area contributed by atoms with Crippen molar-refractivity contribution in [1.29, 1.82) is 0 Å². The molecule has 0 bridgehead atoms. The minimum absolute atomic E-state index is 0.0387. The van der Waals surface area contributed by atoms with Gasteiger partial charge in [0, 0.05) is 6.54 Å². The third-order valence-electron chi connectivity index (χ3n) is 4.27. The molecule has 0 saturated heterocycles. The molecule has 0 spiro atoms. The maximum Gasteiger partial charge on any atom is 0.416 e. The molecule has 1 aliphatic rings. The van der Waals surface area contributed by atoms with E-state index >= 15 is 8.78 Å². The summed E-state index contributed by atoms with van der Waals surface area (Å²) in [5.41, 5.74) is -0.910. The molecule has 0 aromatic heterocycles. The third-order valence-corrected chi connectivity index (χ3v) is 4.27. The van der Waals surface area contributed by atoms with Crippen LogP contribution < -0.4 is 9.64 Å². The number of aliphatic hydroxyl groups is 1. The lowest BCUT2D eigenvalue weighted by Gasteiger charge is -2.33. The fourth-order valence-corrected chi connectivity index (χ4v) is 2.94. The summed E-state index contributed by atoms with van der Waals surface area (Å²) in [6.45, 7) is 3.58. The highest BCUT2D eigenvalue weighted by Crippen LogP contribution is 2.46. The number of nitrogens with zero attached hydrogens (tertiary/aromatic N) is 1. The monoisotopic (exact) mass is 385 g/mol. The van der Waals surface area contributed by atoms with Gasteiger partial charge in [-0.25, -0.2) is 0 Å². The minimum Gasteiger partial charge on any atom is -0.462 e. The lowest BCUT2D eigenvalue weighted by molar-refractivity contribution is -0.166. The second-order valence-electron chi connectivity index (χ2n) is 6.08. The minimum atomic E-state index is -4.59. The number of hydrogen-bond donors (Lipinski definition) is 1. The Labute approximate surface area is 152 Å².